The molecule has 0 atom stereocenters. The summed E-state index contributed by atoms with van der Waals surface area (Å²) in [5, 5.41) is 0.870. The number of fused-ring (bicyclic) bond motifs is 1. The largest absolute Gasteiger partial charge is 0.493 e. The minimum Gasteiger partial charge on any atom is -0.493 e. The Bertz CT molecular complexity index is 421. The van der Waals surface area contributed by atoms with Gasteiger partial charge in [-0.05, 0) is 30.5 Å². The molecule has 1 heterocycles. The number of rotatable bonds is 2. The molecular weight excluding hydrogens is 222 g/mol. The van der Waals surface area contributed by atoms with Gasteiger partial charge >= 0.3 is 0 Å². The summed E-state index contributed by atoms with van der Waals surface area (Å²) in [6, 6.07) is 3.94. The SMILES string of the molecule is NCC1(c2c(Cl)ccc3c2CCO3)CCC1. The smallest absolute Gasteiger partial charge is 0.123 e. The molecular formula is C13H16ClNO. The van der Waals surface area contributed by atoms with Crippen molar-refractivity contribution in [3.63, 3.8) is 0 Å². The molecule has 1 saturated carbocycles. The maximum absolute atomic E-state index is 6.37. The van der Waals surface area contributed by atoms with Crippen LogP contribution in [0.3, 0.4) is 0 Å². The highest BCUT2D eigenvalue weighted by Crippen LogP contribution is 2.49. The van der Waals surface area contributed by atoms with E-state index in [9.17, 15) is 0 Å². The van der Waals surface area contributed by atoms with Crippen molar-refractivity contribution in [2.75, 3.05) is 13.2 Å². The van der Waals surface area contributed by atoms with Gasteiger partial charge in [-0.2, -0.15) is 0 Å². The lowest BCUT2D eigenvalue weighted by atomic mass is 9.63. The fourth-order valence-corrected chi connectivity index (χ4v) is 3.36. The molecule has 3 rings (SSSR count). The van der Waals surface area contributed by atoms with Crippen LogP contribution in [-0.4, -0.2) is 13.2 Å². The first-order chi connectivity index (χ1) is 7.77. The molecule has 0 bridgehead atoms. The summed E-state index contributed by atoms with van der Waals surface area (Å²) in [6.45, 7) is 1.48. The van der Waals surface area contributed by atoms with E-state index in [1.807, 2.05) is 12.1 Å². The molecule has 2 nitrogen and oxygen atoms in total. The maximum Gasteiger partial charge on any atom is 0.123 e. The molecule has 0 spiro atoms. The second-order valence-electron chi connectivity index (χ2n) is 4.84. The summed E-state index contributed by atoms with van der Waals surface area (Å²) in [5.41, 5.74) is 8.68. The van der Waals surface area contributed by atoms with E-state index in [1.54, 1.807) is 0 Å². The van der Waals surface area contributed by atoms with E-state index in [2.05, 4.69) is 0 Å². The minimum absolute atomic E-state index is 0.135. The first kappa shape index (κ1) is 10.4. The van der Waals surface area contributed by atoms with Crippen LogP contribution >= 0.6 is 11.6 Å². The standard InChI is InChI=1S/C13H16ClNO/c14-10-2-3-11-9(4-7-16-11)12(10)13(8-15)5-1-6-13/h2-3H,1,4-8,15H2. The number of ether oxygens (including phenoxy) is 1. The van der Waals surface area contributed by atoms with Crippen LogP contribution in [0.15, 0.2) is 12.1 Å². The Morgan fingerprint density at radius 2 is 2.19 bits per heavy atom. The summed E-state index contributed by atoms with van der Waals surface area (Å²) < 4.78 is 5.60. The van der Waals surface area contributed by atoms with Gasteiger partial charge in [0.15, 0.2) is 0 Å². The molecule has 86 valence electrons. The summed E-state index contributed by atoms with van der Waals surface area (Å²) >= 11 is 6.37. The van der Waals surface area contributed by atoms with Gasteiger partial charge in [-0.3, -0.25) is 0 Å². The van der Waals surface area contributed by atoms with E-state index >= 15 is 0 Å². The van der Waals surface area contributed by atoms with Gasteiger partial charge < -0.3 is 10.5 Å². The van der Waals surface area contributed by atoms with Gasteiger partial charge in [0.1, 0.15) is 5.75 Å². The number of halogens is 1. The van der Waals surface area contributed by atoms with Crippen molar-refractivity contribution in [3.8, 4) is 5.75 Å². The third kappa shape index (κ3) is 1.30. The van der Waals surface area contributed by atoms with Gasteiger partial charge in [0, 0.05) is 29.0 Å². The van der Waals surface area contributed by atoms with Crippen molar-refractivity contribution >= 4 is 11.6 Å². The summed E-state index contributed by atoms with van der Waals surface area (Å²) in [5.74, 6) is 1.01. The van der Waals surface area contributed by atoms with Crippen molar-refractivity contribution in [2.24, 2.45) is 5.73 Å². The van der Waals surface area contributed by atoms with Crippen molar-refractivity contribution in [1.29, 1.82) is 0 Å². The molecule has 1 fully saturated rings. The van der Waals surface area contributed by atoms with E-state index in [-0.39, 0.29) is 5.41 Å². The van der Waals surface area contributed by atoms with Gasteiger partial charge in [0.05, 0.1) is 6.61 Å². The molecule has 1 aromatic carbocycles. The zero-order valence-electron chi connectivity index (χ0n) is 9.26. The molecule has 1 aliphatic carbocycles. The molecule has 0 unspecified atom stereocenters. The molecule has 3 heteroatoms. The Kier molecular flexibility index (Phi) is 2.37. The molecule has 0 saturated heterocycles. The van der Waals surface area contributed by atoms with Crippen LogP contribution in [0.2, 0.25) is 5.02 Å². The highest BCUT2D eigenvalue weighted by atomic mass is 35.5. The van der Waals surface area contributed by atoms with Crippen LogP contribution in [-0.2, 0) is 11.8 Å². The first-order valence-corrected chi connectivity index (χ1v) is 6.29. The second-order valence-corrected chi connectivity index (χ2v) is 5.24. The van der Waals surface area contributed by atoms with Gasteiger partial charge in [-0.15, -0.1) is 0 Å². The van der Waals surface area contributed by atoms with E-state index in [4.69, 9.17) is 22.1 Å². The molecule has 16 heavy (non-hydrogen) atoms. The van der Waals surface area contributed by atoms with E-state index in [0.717, 1.165) is 23.8 Å². The van der Waals surface area contributed by atoms with E-state index < -0.39 is 0 Å². The van der Waals surface area contributed by atoms with Crippen LogP contribution in [0.25, 0.3) is 0 Å². The van der Waals surface area contributed by atoms with Crippen LogP contribution in [0.4, 0.5) is 0 Å². The highest BCUT2D eigenvalue weighted by molar-refractivity contribution is 6.31. The Balaban J connectivity index is 2.15. The number of hydrogen-bond acceptors (Lipinski definition) is 2. The van der Waals surface area contributed by atoms with Crippen molar-refractivity contribution in [2.45, 2.75) is 31.1 Å². The third-order valence-electron chi connectivity index (χ3n) is 4.06. The number of hydrogen-bond donors (Lipinski definition) is 1. The van der Waals surface area contributed by atoms with Crippen molar-refractivity contribution < 1.29 is 4.74 Å². The third-order valence-corrected chi connectivity index (χ3v) is 4.38. The topological polar surface area (TPSA) is 35.2 Å². The monoisotopic (exact) mass is 237 g/mol. The predicted octanol–water partition coefficient (Wildman–Crippen LogP) is 2.66. The normalized spacial score (nSPS) is 21.1. The minimum atomic E-state index is 0.135. The van der Waals surface area contributed by atoms with E-state index in [0.29, 0.717) is 6.54 Å². The summed E-state index contributed by atoms with van der Waals surface area (Å²) in [4.78, 5) is 0. The van der Waals surface area contributed by atoms with Crippen LogP contribution in [0.5, 0.6) is 5.75 Å². The van der Waals surface area contributed by atoms with Crippen molar-refractivity contribution in [3.05, 3.63) is 28.3 Å². The molecule has 0 aromatic heterocycles. The lowest BCUT2D eigenvalue weighted by Gasteiger charge is -2.43. The quantitative estimate of drug-likeness (QED) is 0.858. The van der Waals surface area contributed by atoms with Crippen LogP contribution in [0.1, 0.15) is 30.4 Å². The van der Waals surface area contributed by atoms with Crippen LogP contribution < -0.4 is 10.5 Å². The first-order valence-electron chi connectivity index (χ1n) is 5.91. The second kappa shape index (κ2) is 3.64. The van der Waals surface area contributed by atoms with E-state index in [1.165, 1.54) is 30.4 Å². The molecule has 0 amide bonds. The lowest BCUT2D eigenvalue weighted by molar-refractivity contribution is 0.252. The summed E-state index contributed by atoms with van der Waals surface area (Å²) in [6.07, 6.45) is 4.57. The summed E-state index contributed by atoms with van der Waals surface area (Å²) in [7, 11) is 0. The maximum atomic E-state index is 6.37. The molecule has 1 aromatic rings. The van der Waals surface area contributed by atoms with Gasteiger partial charge in [-0.1, -0.05) is 18.0 Å². The lowest BCUT2D eigenvalue weighted by Crippen LogP contribution is -2.42. The van der Waals surface area contributed by atoms with Crippen LogP contribution in [0, 0.1) is 0 Å². The zero-order chi connectivity index (χ0) is 11.2. The Morgan fingerprint density at radius 1 is 1.38 bits per heavy atom. The number of benzene rings is 1. The molecule has 1 aliphatic heterocycles. The Hall–Kier alpha value is -0.730. The molecule has 0 radical (unpaired) electrons. The highest BCUT2D eigenvalue weighted by Gasteiger charge is 2.41. The van der Waals surface area contributed by atoms with Gasteiger partial charge in [0.2, 0.25) is 0 Å². The van der Waals surface area contributed by atoms with Gasteiger partial charge in [0.25, 0.3) is 0 Å². The zero-order valence-corrected chi connectivity index (χ0v) is 10.0. The van der Waals surface area contributed by atoms with Gasteiger partial charge in [-0.25, -0.2) is 0 Å². The average Bonchev–Trinajstić information content (AvgIpc) is 2.68. The average molecular weight is 238 g/mol. The molecule has 2 N–H and O–H groups in total. The number of nitrogens with two attached hydrogens (primary N) is 1. The molecule has 2 aliphatic rings. The fourth-order valence-electron chi connectivity index (χ4n) is 2.98. The fraction of sp³-hybridized carbons (Fsp3) is 0.538. The Labute approximate surface area is 101 Å². The van der Waals surface area contributed by atoms with Crippen molar-refractivity contribution in [1.82, 2.24) is 0 Å². The predicted molar refractivity (Wildman–Crippen MR) is 65.2 cm³/mol. The Morgan fingerprint density at radius 3 is 2.81 bits per heavy atom.